The molecule has 1 aromatic carbocycles. The third-order valence-corrected chi connectivity index (χ3v) is 4.86. The SMILES string of the molecule is O=C(O)CCC(=O)N1N=C(c2ccsc2)CC1c1ccccc1Cl. The van der Waals surface area contributed by atoms with Crippen molar-refractivity contribution in [2.24, 2.45) is 5.10 Å². The Balaban J connectivity index is 1.91. The molecule has 0 saturated heterocycles. The fourth-order valence-electron chi connectivity index (χ4n) is 2.66. The summed E-state index contributed by atoms with van der Waals surface area (Å²) in [5.74, 6) is -1.31. The van der Waals surface area contributed by atoms with Gasteiger partial charge < -0.3 is 5.11 Å². The van der Waals surface area contributed by atoms with Crippen molar-refractivity contribution in [1.82, 2.24) is 5.01 Å². The second-order valence-electron chi connectivity index (χ2n) is 5.43. The number of thiophene rings is 1. The molecule has 24 heavy (non-hydrogen) atoms. The molecule has 5 nitrogen and oxygen atoms in total. The number of halogens is 1. The Morgan fingerprint density at radius 2 is 2.08 bits per heavy atom. The molecule has 1 aliphatic heterocycles. The molecule has 0 saturated carbocycles. The van der Waals surface area contributed by atoms with Crippen LogP contribution in [0.1, 0.15) is 36.4 Å². The van der Waals surface area contributed by atoms with Crippen LogP contribution in [0.4, 0.5) is 0 Å². The van der Waals surface area contributed by atoms with Crippen LogP contribution in [0.15, 0.2) is 46.2 Å². The number of amides is 1. The van der Waals surface area contributed by atoms with Gasteiger partial charge in [0.1, 0.15) is 0 Å². The fraction of sp³-hybridized carbons (Fsp3) is 0.235. The van der Waals surface area contributed by atoms with Crippen LogP contribution >= 0.6 is 22.9 Å². The van der Waals surface area contributed by atoms with Crippen LogP contribution in [0, 0.1) is 0 Å². The minimum absolute atomic E-state index is 0.0866. The lowest BCUT2D eigenvalue weighted by molar-refractivity contribution is -0.141. The summed E-state index contributed by atoms with van der Waals surface area (Å²) in [7, 11) is 0. The van der Waals surface area contributed by atoms with Gasteiger partial charge in [0.25, 0.3) is 0 Å². The Labute approximate surface area is 148 Å². The van der Waals surface area contributed by atoms with E-state index < -0.39 is 5.97 Å². The summed E-state index contributed by atoms with van der Waals surface area (Å²) < 4.78 is 0. The summed E-state index contributed by atoms with van der Waals surface area (Å²) in [6, 6.07) is 8.99. The third-order valence-electron chi connectivity index (χ3n) is 3.84. The van der Waals surface area contributed by atoms with Crippen molar-refractivity contribution in [2.75, 3.05) is 0 Å². The van der Waals surface area contributed by atoms with Gasteiger partial charge in [-0.1, -0.05) is 29.8 Å². The monoisotopic (exact) mass is 362 g/mol. The maximum absolute atomic E-state index is 12.5. The molecule has 1 aliphatic rings. The maximum atomic E-state index is 12.5. The first kappa shape index (κ1) is 16.7. The van der Waals surface area contributed by atoms with E-state index >= 15 is 0 Å². The minimum atomic E-state index is -1.00. The number of carbonyl (C=O) groups excluding carboxylic acids is 1. The number of carboxylic acid groups (broad SMARTS) is 1. The highest BCUT2D eigenvalue weighted by atomic mass is 35.5. The quantitative estimate of drug-likeness (QED) is 0.875. The van der Waals surface area contributed by atoms with Gasteiger partial charge in [0.05, 0.1) is 18.2 Å². The van der Waals surface area contributed by atoms with Crippen molar-refractivity contribution >= 4 is 40.5 Å². The first-order chi connectivity index (χ1) is 11.6. The summed E-state index contributed by atoms with van der Waals surface area (Å²) in [6.07, 6.45) is 0.254. The lowest BCUT2D eigenvalue weighted by atomic mass is 9.99. The van der Waals surface area contributed by atoms with Gasteiger partial charge in [0.2, 0.25) is 5.91 Å². The van der Waals surface area contributed by atoms with Gasteiger partial charge in [-0.2, -0.15) is 16.4 Å². The van der Waals surface area contributed by atoms with Gasteiger partial charge >= 0.3 is 5.97 Å². The number of aliphatic carboxylic acids is 1. The lowest BCUT2D eigenvalue weighted by Gasteiger charge is -2.22. The number of hydrogen-bond acceptors (Lipinski definition) is 4. The molecule has 0 fully saturated rings. The Kier molecular flexibility index (Phi) is 4.97. The molecule has 2 heterocycles. The van der Waals surface area contributed by atoms with E-state index in [4.69, 9.17) is 16.7 Å². The molecule has 7 heteroatoms. The number of benzene rings is 1. The van der Waals surface area contributed by atoms with E-state index in [1.807, 2.05) is 35.0 Å². The van der Waals surface area contributed by atoms with E-state index in [0.717, 1.165) is 16.8 Å². The van der Waals surface area contributed by atoms with Crippen molar-refractivity contribution < 1.29 is 14.7 Å². The average Bonchev–Trinajstić information content (AvgIpc) is 3.22. The Hall–Kier alpha value is -2.18. The first-order valence-electron chi connectivity index (χ1n) is 7.44. The topological polar surface area (TPSA) is 70.0 Å². The molecule has 0 radical (unpaired) electrons. The second-order valence-corrected chi connectivity index (χ2v) is 6.62. The number of nitrogens with zero attached hydrogens (tertiary/aromatic N) is 2. The van der Waals surface area contributed by atoms with Crippen molar-refractivity contribution in [3.05, 3.63) is 57.2 Å². The van der Waals surface area contributed by atoms with Gasteiger partial charge in [-0.05, 0) is 28.5 Å². The van der Waals surface area contributed by atoms with Crippen molar-refractivity contribution in [3.63, 3.8) is 0 Å². The molecule has 1 unspecified atom stereocenters. The predicted molar refractivity (Wildman–Crippen MR) is 93.4 cm³/mol. The van der Waals surface area contributed by atoms with Crippen molar-refractivity contribution in [1.29, 1.82) is 0 Å². The molecular weight excluding hydrogens is 348 g/mol. The lowest BCUT2D eigenvalue weighted by Crippen LogP contribution is -2.27. The van der Waals surface area contributed by atoms with E-state index in [9.17, 15) is 9.59 Å². The molecule has 1 amide bonds. The van der Waals surface area contributed by atoms with Gasteiger partial charge in [-0.15, -0.1) is 0 Å². The highest BCUT2D eigenvalue weighted by Crippen LogP contribution is 2.36. The van der Waals surface area contributed by atoms with Crippen LogP contribution in [0.25, 0.3) is 0 Å². The first-order valence-corrected chi connectivity index (χ1v) is 8.76. The number of carbonyl (C=O) groups is 2. The van der Waals surface area contributed by atoms with E-state index in [-0.39, 0.29) is 24.8 Å². The van der Waals surface area contributed by atoms with E-state index in [1.54, 1.807) is 17.4 Å². The van der Waals surface area contributed by atoms with Gasteiger partial charge in [0.15, 0.2) is 0 Å². The molecule has 0 spiro atoms. The number of carboxylic acids is 1. The molecule has 3 rings (SSSR count). The summed E-state index contributed by atoms with van der Waals surface area (Å²) in [5.41, 5.74) is 2.60. The average molecular weight is 363 g/mol. The molecule has 0 aliphatic carbocycles. The highest BCUT2D eigenvalue weighted by Gasteiger charge is 2.34. The van der Waals surface area contributed by atoms with E-state index in [0.29, 0.717) is 11.4 Å². The van der Waals surface area contributed by atoms with E-state index in [1.165, 1.54) is 5.01 Å². The number of hydrazone groups is 1. The van der Waals surface area contributed by atoms with Crippen LogP contribution in [-0.2, 0) is 9.59 Å². The van der Waals surface area contributed by atoms with Gasteiger partial charge in [0, 0.05) is 23.4 Å². The minimum Gasteiger partial charge on any atom is -0.481 e. The van der Waals surface area contributed by atoms with E-state index in [2.05, 4.69) is 5.10 Å². The molecule has 1 aromatic heterocycles. The standard InChI is InChI=1S/C17H15ClN2O3S/c18-13-4-2-1-3-12(13)15-9-14(11-7-8-24-10-11)19-20(15)16(21)5-6-17(22)23/h1-4,7-8,10,15H,5-6,9H2,(H,22,23). The van der Waals surface area contributed by atoms with Gasteiger partial charge in [-0.25, -0.2) is 5.01 Å². The molecule has 0 bridgehead atoms. The number of rotatable bonds is 5. The fourth-order valence-corrected chi connectivity index (χ4v) is 3.59. The zero-order valence-corrected chi connectivity index (χ0v) is 14.3. The van der Waals surface area contributed by atoms with Crippen molar-refractivity contribution in [2.45, 2.75) is 25.3 Å². The van der Waals surface area contributed by atoms with Crippen LogP contribution < -0.4 is 0 Å². The number of hydrogen-bond donors (Lipinski definition) is 1. The molecule has 124 valence electrons. The highest BCUT2D eigenvalue weighted by molar-refractivity contribution is 7.08. The zero-order chi connectivity index (χ0) is 17.1. The normalized spacial score (nSPS) is 17.0. The zero-order valence-electron chi connectivity index (χ0n) is 12.7. The van der Waals surface area contributed by atoms with Crippen LogP contribution in [0.5, 0.6) is 0 Å². The van der Waals surface area contributed by atoms with Crippen LogP contribution in [0.3, 0.4) is 0 Å². The summed E-state index contributed by atoms with van der Waals surface area (Å²) in [6.45, 7) is 0. The Bertz CT molecular complexity index is 789. The van der Waals surface area contributed by atoms with Crippen molar-refractivity contribution in [3.8, 4) is 0 Å². The Morgan fingerprint density at radius 1 is 1.29 bits per heavy atom. The Morgan fingerprint density at radius 3 is 2.75 bits per heavy atom. The smallest absolute Gasteiger partial charge is 0.303 e. The molecule has 2 aromatic rings. The summed E-state index contributed by atoms with van der Waals surface area (Å²) >= 11 is 7.86. The molecular formula is C17H15ClN2O3S. The predicted octanol–water partition coefficient (Wildman–Crippen LogP) is 3.94. The largest absolute Gasteiger partial charge is 0.481 e. The molecule has 1 N–H and O–H groups in total. The summed E-state index contributed by atoms with van der Waals surface area (Å²) in [4.78, 5) is 23.2. The second kappa shape index (κ2) is 7.15. The maximum Gasteiger partial charge on any atom is 0.303 e. The summed E-state index contributed by atoms with van der Waals surface area (Å²) in [5, 5.41) is 19.2. The van der Waals surface area contributed by atoms with Gasteiger partial charge in [-0.3, -0.25) is 9.59 Å². The third kappa shape index (κ3) is 3.49. The molecule has 1 atom stereocenters. The van der Waals surface area contributed by atoms with Crippen LogP contribution in [0.2, 0.25) is 5.02 Å². The van der Waals surface area contributed by atoms with Crippen LogP contribution in [-0.4, -0.2) is 27.7 Å².